The third-order valence-electron chi connectivity index (χ3n) is 5.44. The molecule has 1 aromatic carbocycles. The summed E-state index contributed by atoms with van der Waals surface area (Å²) in [5.41, 5.74) is 1.08. The molecule has 0 bridgehead atoms. The standard InChI is InChI=1S/C24H37N5O2.HI/c1-4-25-24(26-18-20-10-5-6-11-22(20)31-17-15-28(2)3)27-19-21(23-12-9-16-30-23)29-13-7-8-14-29;/h5-6,9-12,16,21H,4,7-8,13-15,17-19H2,1-3H3,(H2,25,26,27);1H. The predicted molar refractivity (Wildman–Crippen MR) is 141 cm³/mol. The zero-order valence-corrected chi connectivity index (χ0v) is 21.9. The Labute approximate surface area is 209 Å². The van der Waals surface area contributed by atoms with Gasteiger partial charge in [0.2, 0.25) is 0 Å². The Morgan fingerprint density at radius 1 is 1.16 bits per heavy atom. The molecular formula is C24H38IN5O2. The number of likely N-dealkylation sites (N-methyl/N-ethyl adjacent to an activating group) is 1. The zero-order chi connectivity index (χ0) is 21.9. The SMILES string of the molecule is CCNC(=NCc1ccccc1OCCN(C)C)NCC(c1ccco1)N1CCCC1.I. The number of para-hydroxylation sites is 1. The lowest BCUT2D eigenvalue weighted by atomic mass is 10.2. The first-order chi connectivity index (χ1) is 15.2. The lowest BCUT2D eigenvalue weighted by Gasteiger charge is -2.26. The molecule has 0 radical (unpaired) electrons. The molecule has 1 unspecified atom stereocenters. The van der Waals surface area contributed by atoms with Crippen molar-refractivity contribution in [2.45, 2.75) is 32.4 Å². The van der Waals surface area contributed by atoms with Crippen LogP contribution in [0.1, 0.15) is 37.1 Å². The number of guanidine groups is 1. The minimum absolute atomic E-state index is 0. The van der Waals surface area contributed by atoms with Gasteiger partial charge in [0.05, 0.1) is 18.8 Å². The number of rotatable bonds is 11. The molecule has 0 saturated carbocycles. The van der Waals surface area contributed by atoms with Crippen molar-refractivity contribution in [2.24, 2.45) is 4.99 Å². The number of likely N-dealkylation sites (tertiary alicyclic amines) is 1. The Kier molecular flexibility index (Phi) is 11.9. The highest BCUT2D eigenvalue weighted by molar-refractivity contribution is 14.0. The highest BCUT2D eigenvalue weighted by Crippen LogP contribution is 2.25. The number of hydrogen-bond acceptors (Lipinski definition) is 5. The summed E-state index contributed by atoms with van der Waals surface area (Å²) >= 11 is 0. The highest BCUT2D eigenvalue weighted by atomic mass is 127. The molecule has 178 valence electrons. The monoisotopic (exact) mass is 555 g/mol. The maximum Gasteiger partial charge on any atom is 0.191 e. The number of nitrogens with zero attached hydrogens (tertiary/aromatic N) is 3. The van der Waals surface area contributed by atoms with Gasteiger partial charge in [0.25, 0.3) is 0 Å². The maximum absolute atomic E-state index is 5.98. The Morgan fingerprint density at radius 2 is 1.94 bits per heavy atom. The minimum Gasteiger partial charge on any atom is -0.492 e. The number of benzene rings is 1. The normalized spacial score (nSPS) is 15.4. The van der Waals surface area contributed by atoms with Crippen molar-refractivity contribution in [1.82, 2.24) is 20.4 Å². The Hall–Kier alpha value is -1.78. The van der Waals surface area contributed by atoms with Gasteiger partial charge >= 0.3 is 0 Å². The van der Waals surface area contributed by atoms with E-state index in [2.05, 4.69) is 39.5 Å². The molecule has 1 atom stereocenters. The van der Waals surface area contributed by atoms with E-state index in [1.165, 1.54) is 12.8 Å². The van der Waals surface area contributed by atoms with Gasteiger partial charge in [-0.25, -0.2) is 4.99 Å². The second-order valence-corrected chi connectivity index (χ2v) is 8.11. The first-order valence-corrected chi connectivity index (χ1v) is 11.3. The molecule has 1 aromatic heterocycles. The number of aliphatic imine (C=N–C) groups is 1. The van der Waals surface area contributed by atoms with Gasteiger partial charge in [0.1, 0.15) is 18.1 Å². The van der Waals surface area contributed by atoms with Crippen LogP contribution >= 0.6 is 24.0 Å². The van der Waals surface area contributed by atoms with Crippen molar-refractivity contribution in [2.75, 3.05) is 53.4 Å². The summed E-state index contributed by atoms with van der Waals surface area (Å²) in [6.45, 7) is 7.96. The van der Waals surface area contributed by atoms with E-state index < -0.39 is 0 Å². The van der Waals surface area contributed by atoms with Crippen LogP contribution in [0.4, 0.5) is 0 Å². The van der Waals surface area contributed by atoms with Crippen LogP contribution in [0.15, 0.2) is 52.1 Å². The van der Waals surface area contributed by atoms with Crippen LogP contribution in [-0.2, 0) is 6.54 Å². The van der Waals surface area contributed by atoms with Gasteiger partial charge in [0, 0.05) is 25.2 Å². The molecule has 0 aliphatic carbocycles. The Bertz CT molecular complexity index is 791. The van der Waals surface area contributed by atoms with Crippen LogP contribution in [0.25, 0.3) is 0 Å². The zero-order valence-electron chi connectivity index (χ0n) is 19.5. The molecule has 0 amide bonds. The number of furan rings is 1. The second-order valence-electron chi connectivity index (χ2n) is 8.11. The summed E-state index contributed by atoms with van der Waals surface area (Å²) in [5, 5.41) is 6.89. The van der Waals surface area contributed by atoms with E-state index in [9.17, 15) is 0 Å². The number of nitrogens with one attached hydrogen (secondary N) is 2. The van der Waals surface area contributed by atoms with Crippen molar-refractivity contribution in [3.05, 3.63) is 54.0 Å². The molecule has 0 spiro atoms. The van der Waals surface area contributed by atoms with Gasteiger partial charge in [-0.15, -0.1) is 24.0 Å². The molecule has 3 rings (SSSR count). The van der Waals surface area contributed by atoms with E-state index in [0.717, 1.165) is 55.8 Å². The van der Waals surface area contributed by atoms with Crippen molar-refractivity contribution in [3.63, 3.8) is 0 Å². The summed E-state index contributed by atoms with van der Waals surface area (Å²) in [6.07, 6.45) is 4.25. The highest BCUT2D eigenvalue weighted by Gasteiger charge is 2.25. The lowest BCUT2D eigenvalue weighted by molar-refractivity contribution is 0.215. The van der Waals surface area contributed by atoms with E-state index in [-0.39, 0.29) is 30.0 Å². The molecule has 2 heterocycles. The van der Waals surface area contributed by atoms with Gasteiger partial charge in [-0.3, -0.25) is 4.90 Å². The fraction of sp³-hybridized carbons (Fsp3) is 0.542. The van der Waals surface area contributed by atoms with Gasteiger partial charge in [-0.05, 0) is 65.1 Å². The van der Waals surface area contributed by atoms with Gasteiger partial charge in [0.15, 0.2) is 5.96 Å². The van der Waals surface area contributed by atoms with Crippen molar-refractivity contribution < 1.29 is 9.15 Å². The van der Waals surface area contributed by atoms with Crippen LogP contribution < -0.4 is 15.4 Å². The van der Waals surface area contributed by atoms with Gasteiger partial charge in [-0.2, -0.15) is 0 Å². The van der Waals surface area contributed by atoms with Gasteiger partial charge in [-0.1, -0.05) is 18.2 Å². The van der Waals surface area contributed by atoms with Crippen LogP contribution in [0.3, 0.4) is 0 Å². The van der Waals surface area contributed by atoms with Crippen LogP contribution in [-0.4, -0.2) is 69.2 Å². The smallest absolute Gasteiger partial charge is 0.191 e. The van der Waals surface area contributed by atoms with Crippen LogP contribution in [0.5, 0.6) is 5.75 Å². The summed E-state index contributed by atoms with van der Waals surface area (Å²) in [6, 6.07) is 12.4. The molecule has 1 fully saturated rings. The van der Waals surface area contributed by atoms with Gasteiger partial charge < -0.3 is 24.7 Å². The molecule has 1 saturated heterocycles. The predicted octanol–water partition coefficient (Wildman–Crippen LogP) is 3.73. The average molecular weight is 556 g/mol. The quantitative estimate of drug-likeness (QED) is 0.250. The van der Waals surface area contributed by atoms with Crippen molar-refractivity contribution >= 4 is 29.9 Å². The topological polar surface area (TPSA) is 65.3 Å². The summed E-state index contributed by atoms with van der Waals surface area (Å²) in [5.74, 6) is 2.71. The third-order valence-corrected chi connectivity index (χ3v) is 5.44. The number of hydrogen-bond donors (Lipinski definition) is 2. The summed E-state index contributed by atoms with van der Waals surface area (Å²) < 4.78 is 11.7. The first-order valence-electron chi connectivity index (χ1n) is 11.3. The van der Waals surface area contributed by atoms with Crippen molar-refractivity contribution in [3.8, 4) is 5.75 Å². The number of halogens is 1. The molecule has 2 aromatic rings. The maximum atomic E-state index is 5.98. The largest absolute Gasteiger partial charge is 0.492 e. The lowest BCUT2D eigenvalue weighted by Crippen LogP contribution is -2.42. The minimum atomic E-state index is 0. The van der Waals surface area contributed by atoms with Crippen LogP contribution in [0.2, 0.25) is 0 Å². The fourth-order valence-electron chi connectivity index (χ4n) is 3.76. The van der Waals surface area contributed by atoms with E-state index in [1.807, 2.05) is 38.4 Å². The van der Waals surface area contributed by atoms with Crippen molar-refractivity contribution in [1.29, 1.82) is 0 Å². The van der Waals surface area contributed by atoms with E-state index >= 15 is 0 Å². The Balaban J connectivity index is 0.00000363. The number of ether oxygens (including phenoxy) is 1. The first kappa shape index (κ1) is 26.5. The summed E-state index contributed by atoms with van der Waals surface area (Å²) in [4.78, 5) is 9.43. The molecular weight excluding hydrogens is 517 g/mol. The molecule has 8 heteroatoms. The fourth-order valence-corrected chi connectivity index (χ4v) is 3.76. The second kappa shape index (κ2) is 14.4. The van der Waals surface area contributed by atoms with Crippen LogP contribution in [0, 0.1) is 0 Å². The molecule has 7 nitrogen and oxygen atoms in total. The van der Waals surface area contributed by atoms with E-state index in [0.29, 0.717) is 13.2 Å². The molecule has 32 heavy (non-hydrogen) atoms. The van der Waals surface area contributed by atoms with E-state index in [4.69, 9.17) is 14.1 Å². The average Bonchev–Trinajstić information content (AvgIpc) is 3.48. The Morgan fingerprint density at radius 3 is 2.62 bits per heavy atom. The molecule has 1 aliphatic rings. The summed E-state index contributed by atoms with van der Waals surface area (Å²) in [7, 11) is 4.10. The molecule has 2 N–H and O–H groups in total. The van der Waals surface area contributed by atoms with E-state index in [1.54, 1.807) is 6.26 Å². The molecule has 1 aliphatic heterocycles. The third kappa shape index (κ3) is 8.29.